The fourth-order valence-electron chi connectivity index (χ4n) is 1.48. The number of aryl methyl sites for hydroxylation is 1. The number of rotatable bonds is 3. The maximum atomic E-state index is 13.6. The van der Waals surface area contributed by atoms with Crippen molar-refractivity contribution in [2.75, 3.05) is 5.32 Å². The van der Waals surface area contributed by atoms with E-state index in [4.69, 9.17) is 0 Å². The monoisotopic (exact) mass is 236 g/mol. The van der Waals surface area contributed by atoms with E-state index < -0.39 is 0 Å². The van der Waals surface area contributed by atoms with Crippen LogP contribution < -0.4 is 5.32 Å². The lowest BCUT2D eigenvalue weighted by molar-refractivity contribution is 0.626. The van der Waals surface area contributed by atoms with E-state index in [1.165, 1.54) is 6.07 Å². The van der Waals surface area contributed by atoms with Crippen LogP contribution in [0.3, 0.4) is 0 Å². The van der Waals surface area contributed by atoms with Crippen molar-refractivity contribution in [1.82, 2.24) is 4.98 Å². The number of anilines is 1. The van der Waals surface area contributed by atoms with Gasteiger partial charge in [0.05, 0.1) is 11.7 Å². The van der Waals surface area contributed by atoms with Crippen molar-refractivity contribution in [3.05, 3.63) is 46.2 Å². The molecule has 0 aliphatic rings. The van der Waals surface area contributed by atoms with Crippen LogP contribution in [0.25, 0.3) is 0 Å². The quantitative estimate of drug-likeness (QED) is 0.877. The Labute approximate surface area is 98.2 Å². The van der Waals surface area contributed by atoms with Gasteiger partial charge in [-0.3, -0.25) is 0 Å². The predicted molar refractivity (Wildman–Crippen MR) is 65.3 cm³/mol. The third kappa shape index (κ3) is 2.39. The van der Waals surface area contributed by atoms with E-state index in [0.29, 0.717) is 5.69 Å². The number of thiazole rings is 1. The Hall–Kier alpha value is -1.42. The molecule has 2 aromatic rings. The zero-order valence-corrected chi connectivity index (χ0v) is 10.0. The van der Waals surface area contributed by atoms with Crippen LogP contribution in [-0.2, 0) is 0 Å². The molecule has 1 aromatic carbocycles. The van der Waals surface area contributed by atoms with Crippen molar-refractivity contribution in [2.24, 2.45) is 0 Å². The third-order valence-electron chi connectivity index (χ3n) is 2.32. The summed E-state index contributed by atoms with van der Waals surface area (Å²) in [6.45, 7) is 3.84. The maximum absolute atomic E-state index is 13.6. The largest absolute Gasteiger partial charge is 0.374 e. The van der Waals surface area contributed by atoms with Gasteiger partial charge in [-0.1, -0.05) is 6.07 Å². The normalized spacial score (nSPS) is 12.4. The SMILES string of the molecule is Cc1ccc(NC(C)c2nccs2)c(F)c1. The Balaban J connectivity index is 2.15. The minimum atomic E-state index is -0.219. The molecule has 0 saturated heterocycles. The summed E-state index contributed by atoms with van der Waals surface area (Å²) in [5.41, 5.74) is 1.44. The molecule has 1 N–H and O–H groups in total. The number of hydrogen-bond acceptors (Lipinski definition) is 3. The Bertz CT molecular complexity index is 468. The molecule has 1 unspecified atom stereocenters. The van der Waals surface area contributed by atoms with Crippen molar-refractivity contribution < 1.29 is 4.39 Å². The van der Waals surface area contributed by atoms with Crippen LogP contribution in [0, 0.1) is 12.7 Å². The summed E-state index contributed by atoms with van der Waals surface area (Å²) in [6.07, 6.45) is 1.75. The van der Waals surface area contributed by atoms with Crippen molar-refractivity contribution in [3.8, 4) is 0 Å². The predicted octanol–water partition coefficient (Wildman–Crippen LogP) is 3.76. The summed E-state index contributed by atoms with van der Waals surface area (Å²) in [6, 6.07) is 5.20. The average Bonchev–Trinajstić information content (AvgIpc) is 2.75. The van der Waals surface area contributed by atoms with Gasteiger partial charge in [-0.05, 0) is 31.5 Å². The Morgan fingerprint density at radius 2 is 2.25 bits per heavy atom. The van der Waals surface area contributed by atoms with E-state index >= 15 is 0 Å². The summed E-state index contributed by atoms with van der Waals surface area (Å²) in [4.78, 5) is 4.19. The molecule has 1 heterocycles. The summed E-state index contributed by atoms with van der Waals surface area (Å²) in [5, 5.41) is 5.99. The van der Waals surface area contributed by atoms with Crippen LogP contribution in [0.4, 0.5) is 10.1 Å². The fourth-order valence-corrected chi connectivity index (χ4v) is 2.13. The molecule has 0 saturated carbocycles. The maximum Gasteiger partial charge on any atom is 0.146 e. The molecule has 1 aromatic heterocycles. The molecule has 0 spiro atoms. The van der Waals surface area contributed by atoms with Crippen molar-refractivity contribution in [2.45, 2.75) is 19.9 Å². The highest BCUT2D eigenvalue weighted by molar-refractivity contribution is 7.09. The average molecular weight is 236 g/mol. The number of aromatic nitrogens is 1. The van der Waals surface area contributed by atoms with E-state index in [1.807, 2.05) is 25.3 Å². The highest BCUT2D eigenvalue weighted by Crippen LogP contribution is 2.23. The van der Waals surface area contributed by atoms with Gasteiger partial charge in [0.25, 0.3) is 0 Å². The van der Waals surface area contributed by atoms with E-state index in [0.717, 1.165) is 10.6 Å². The van der Waals surface area contributed by atoms with Gasteiger partial charge in [0.2, 0.25) is 0 Å². The van der Waals surface area contributed by atoms with Gasteiger partial charge >= 0.3 is 0 Å². The van der Waals surface area contributed by atoms with E-state index in [9.17, 15) is 4.39 Å². The zero-order valence-electron chi connectivity index (χ0n) is 9.20. The molecular formula is C12H13FN2S. The molecule has 16 heavy (non-hydrogen) atoms. The van der Waals surface area contributed by atoms with Crippen molar-refractivity contribution >= 4 is 17.0 Å². The smallest absolute Gasteiger partial charge is 0.146 e. The fraction of sp³-hybridized carbons (Fsp3) is 0.250. The van der Waals surface area contributed by atoms with Gasteiger partial charge in [-0.15, -0.1) is 11.3 Å². The van der Waals surface area contributed by atoms with E-state index in [-0.39, 0.29) is 11.9 Å². The molecule has 0 aliphatic heterocycles. The second-order valence-corrected chi connectivity index (χ2v) is 4.65. The first kappa shape index (κ1) is 11.1. The minimum absolute atomic E-state index is 0.0252. The Kier molecular flexibility index (Phi) is 3.19. The topological polar surface area (TPSA) is 24.9 Å². The van der Waals surface area contributed by atoms with Gasteiger partial charge in [-0.25, -0.2) is 9.37 Å². The molecule has 1 atom stereocenters. The summed E-state index contributed by atoms with van der Waals surface area (Å²) >= 11 is 1.56. The Morgan fingerprint density at radius 1 is 1.44 bits per heavy atom. The van der Waals surface area contributed by atoms with E-state index in [2.05, 4.69) is 10.3 Å². The molecule has 2 rings (SSSR count). The van der Waals surface area contributed by atoms with Gasteiger partial charge in [0, 0.05) is 11.6 Å². The molecule has 0 aliphatic carbocycles. The lowest BCUT2D eigenvalue weighted by atomic mass is 10.2. The molecule has 0 radical (unpaired) electrons. The van der Waals surface area contributed by atoms with E-state index in [1.54, 1.807) is 23.6 Å². The van der Waals surface area contributed by atoms with Crippen LogP contribution in [0.1, 0.15) is 23.5 Å². The van der Waals surface area contributed by atoms with Gasteiger partial charge in [0.1, 0.15) is 10.8 Å². The lowest BCUT2D eigenvalue weighted by Gasteiger charge is -2.13. The van der Waals surface area contributed by atoms with Gasteiger partial charge in [0.15, 0.2) is 0 Å². The Morgan fingerprint density at radius 3 is 2.88 bits per heavy atom. The summed E-state index contributed by atoms with van der Waals surface area (Å²) in [7, 11) is 0. The molecule has 4 heteroatoms. The van der Waals surface area contributed by atoms with Crippen LogP contribution in [-0.4, -0.2) is 4.98 Å². The third-order valence-corrected chi connectivity index (χ3v) is 3.28. The van der Waals surface area contributed by atoms with Gasteiger partial charge < -0.3 is 5.32 Å². The highest BCUT2D eigenvalue weighted by atomic mass is 32.1. The second-order valence-electron chi connectivity index (χ2n) is 3.72. The number of nitrogens with zero attached hydrogens (tertiary/aromatic N) is 1. The summed E-state index contributed by atoms with van der Waals surface area (Å²) < 4.78 is 13.6. The van der Waals surface area contributed by atoms with Crippen LogP contribution in [0.15, 0.2) is 29.8 Å². The van der Waals surface area contributed by atoms with Crippen molar-refractivity contribution in [1.29, 1.82) is 0 Å². The summed E-state index contributed by atoms with van der Waals surface area (Å²) in [5.74, 6) is -0.219. The molecule has 0 amide bonds. The lowest BCUT2D eigenvalue weighted by Crippen LogP contribution is -2.07. The number of halogens is 1. The number of hydrogen-bond donors (Lipinski definition) is 1. The van der Waals surface area contributed by atoms with Crippen LogP contribution in [0.5, 0.6) is 0 Å². The first-order chi connectivity index (χ1) is 7.66. The van der Waals surface area contributed by atoms with Crippen molar-refractivity contribution in [3.63, 3.8) is 0 Å². The molecule has 84 valence electrons. The number of benzene rings is 1. The first-order valence-corrected chi connectivity index (χ1v) is 5.97. The highest BCUT2D eigenvalue weighted by Gasteiger charge is 2.10. The first-order valence-electron chi connectivity index (χ1n) is 5.09. The van der Waals surface area contributed by atoms with Gasteiger partial charge in [-0.2, -0.15) is 0 Å². The standard InChI is InChI=1S/C12H13FN2S/c1-8-3-4-11(10(13)7-8)15-9(2)12-14-5-6-16-12/h3-7,9,15H,1-2H3. The molecular weight excluding hydrogens is 223 g/mol. The molecule has 0 fully saturated rings. The molecule has 0 bridgehead atoms. The zero-order chi connectivity index (χ0) is 11.5. The number of nitrogens with one attached hydrogen (secondary N) is 1. The minimum Gasteiger partial charge on any atom is -0.374 e. The van der Waals surface area contributed by atoms with Crippen LogP contribution in [0.2, 0.25) is 0 Å². The molecule has 2 nitrogen and oxygen atoms in total. The second kappa shape index (κ2) is 4.61. The van der Waals surface area contributed by atoms with Crippen LogP contribution >= 0.6 is 11.3 Å².